The van der Waals surface area contributed by atoms with E-state index in [9.17, 15) is 9.90 Å². The van der Waals surface area contributed by atoms with Crippen LogP contribution in [0.25, 0.3) is 5.57 Å². The van der Waals surface area contributed by atoms with E-state index in [0.29, 0.717) is 5.57 Å². The molecule has 0 spiro atoms. The van der Waals surface area contributed by atoms with Crippen LogP contribution in [0.1, 0.15) is 66.5 Å². The van der Waals surface area contributed by atoms with Crippen LogP contribution in [0.2, 0.25) is 0 Å². The Morgan fingerprint density at radius 3 is 2.16 bits per heavy atom. The number of Topliss-reactive ketones (excluding diaryl/α,β-unsaturated/α-hetero) is 1. The lowest BCUT2D eigenvalue weighted by atomic mass is 9.72. The summed E-state index contributed by atoms with van der Waals surface area (Å²) < 4.78 is 6.29. The van der Waals surface area contributed by atoms with Gasteiger partial charge in [0.2, 0.25) is 0 Å². The third kappa shape index (κ3) is 3.01. The Hall–Kier alpha value is -2.39. The molecule has 31 heavy (non-hydrogen) atoms. The Kier molecular flexibility index (Phi) is 4.50. The number of hydrogen-bond acceptors (Lipinski definition) is 3. The Morgan fingerprint density at radius 1 is 0.968 bits per heavy atom. The SMILES string of the molecule is Cc1cc(C)c(C2=C(O)[C@@H]3[C@@H]4O[C@@H](C[C@H]4c4ccc(C(C)(C)C)cc4)[C@@H]3C2=O)c(C)c1. The molecule has 2 aliphatic heterocycles. The van der Waals surface area contributed by atoms with Crippen molar-refractivity contribution < 1.29 is 14.6 Å². The maximum Gasteiger partial charge on any atom is 0.173 e. The van der Waals surface area contributed by atoms with Crippen LogP contribution in [0.3, 0.4) is 0 Å². The van der Waals surface area contributed by atoms with Crippen LogP contribution < -0.4 is 0 Å². The summed E-state index contributed by atoms with van der Waals surface area (Å²) in [6.07, 6.45) is 0.599. The quantitative estimate of drug-likeness (QED) is 0.658. The second kappa shape index (κ2) is 6.80. The van der Waals surface area contributed by atoms with Crippen molar-refractivity contribution in [3.8, 4) is 0 Å². The third-order valence-corrected chi connectivity index (χ3v) is 7.61. The molecule has 5 atom stereocenters. The van der Waals surface area contributed by atoms with Crippen LogP contribution in [0.15, 0.2) is 42.2 Å². The van der Waals surface area contributed by atoms with Crippen LogP contribution in [-0.2, 0) is 14.9 Å². The number of benzene rings is 2. The van der Waals surface area contributed by atoms with E-state index < -0.39 is 0 Å². The van der Waals surface area contributed by atoms with Gasteiger partial charge in [-0.25, -0.2) is 0 Å². The molecule has 0 aromatic heterocycles. The minimum Gasteiger partial charge on any atom is -0.511 e. The van der Waals surface area contributed by atoms with Crippen LogP contribution in [0.4, 0.5) is 0 Å². The Balaban J connectivity index is 1.51. The number of rotatable bonds is 2. The first-order valence-corrected chi connectivity index (χ1v) is 11.4. The van der Waals surface area contributed by atoms with Gasteiger partial charge in [-0.15, -0.1) is 0 Å². The molecule has 1 N–H and O–H groups in total. The number of ketones is 1. The van der Waals surface area contributed by atoms with E-state index in [4.69, 9.17) is 4.74 Å². The lowest BCUT2D eigenvalue weighted by molar-refractivity contribution is -0.118. The van der Waals surface area contributed by atoms with Crippen molar-refractivity contribution in [2.75, 3.05) is 0 Å². The highest BCUT2D eigenvalue weighted by molar-refractivity contribution is 6.26. The molecule has 2 bridgehead atoms. The average Bonchev–Trinajstić information content (AvgIpc) is 3.34. The van der Waals surface area contributed by atoms with Crippen LogP contribution in [0.5, 0.6) is 0 Å². The summed E-state index contributed by atoms with van der Waals surface area (Å²) in [6.45, 7) is 12.8. The molecule has 2 heterocycles. The Bertz CT molecular complexity index is 1080. The summed E-state index contributed by atoms with van der Waals surface area (Å²) in [5, 5.41) is 11.3. The normalized spacial score (nSPS) is 29.7. The first-order chi connectivity index (χ1) is 14.6. The summed E-state index contributed by atoms with van der Waals surface area (Å²) in [7, 11) is 0. The summed E-state index contributed by atoms with van der Waals surface area (Å²) in [5.74, 6) is 0.0498. The fourth-order valence-electron chi connectivity index (χ4n) is 6.24. The van der Waals surface area contributed by atoms with Gasteiger partial charge in [0, 0.05) is 5.92 Å². The van der Waals surface area contributed by atoms with E-state index in [0.717, 1.165) is 23.1 Å². The number of hydrogen-bond donors (Lipinski definition) is 1. The van der Waals surface area contributed by atoms with Gasteiger partial charge in [0.15, 0.2) is 5.78 Å². The highest BCUT2D eigenvalue weighted by Gasteiger charge is 2.62. The number of carbonyl (C=O) groups is 1. The van der Waals surface area contributed by atoms with Gasteiger partial charge in [-0.3, -0.25) is 4.79 Å². The molecular formula is C28H32O3. The summed E-state index contributed by atoms with van der Waals surface area (Å²) >= 11 is 0. The molecule has 0 radical (unpaired) electrons. The molecular weight excluding hydrogens is 384 g/mol. The first-order valence-electron chi connectivity index (χ1n) is 11.4. The van der Waals surface area contributed by atoms with Crippen molar-refractivity contribution in [2.24, 2.45) is 11.8 Å². The standard InChI is InChI=1S/C28H32O3/c1-14-11-15(2)21(16(3)12-14)23-25(29)22-20-13-19(27(31-20)24(22)26(23)30)17-7-9-18(10-8-17)28(4,5)6/h7-12,19-20,22,24,27,30H,13H2,1-6H3/t19-,20-,22-,24+,27+/m0/s1. The largest absolute Gasteiger partial charge is 0.511 e. The zero-order chi connectivity index (χ0) is 22.2. The predicted octanol–water partition coefficient (Wildman–Crippen LogP) is 5.95. The lowest BCUT2D eigenvalue weighted by Crippen LogP contribution is -2.33. The van der Waals surface area contributed by atoms with E-state index in [2.05, 4.69) is 64.1 Å². The van der Waals surface area contributed by atoms with Gasteiger partial charge < -0.3 is 9.84 Å². The molecule has 5 rings (SSSR count). The molecule has 0 saturated carbocycles. The highest BCUT2D eigenvalue weighted by Crippen LogP contribution is 2.58. The number of allylic oxidation sites excluding steroid dienone is 1. The van der Waals surface area contributed by atoms with Crippen molar-refractivity contribution in [3.05, 3.63) is 75.5 Å². The highest BCUT2D eigenvalue weighted by atomic mass is 16.5. The molecule has 162 valence electrons. The third-order valence-electron chi connectivity index (χ3n) is 7.61. The fraction of sp³-hybridized carbons (Fsp3) is 0.464. The Morgan fingerprint density at radius 2 is 1.58 bits per heavy atom. The lowest BCUT2D eigenvalue weighted by Gasteiger charge is -2.28. The molecule has 0 amide bonds. The molecule has 1 aliphatic carbocycles. The number of ether oxygens (including phenoxy) is 1. The van der Waals surface area contributed by atoms with Crippen molar-refractivity contribution in [2.45, 2.75) is 71.5 Å². The fourth-order valence-corrected chi connectivity index (χ4v) is 6.24. The first kappa shape index (κ1) is 20.5. The zero-order valence-corrected chi connectivity index (χ0v) is 19.3. The van der Waals surface area contributed by atoms with Gasteiger partial charge in [0.1, 0.15) is 5.76 Å². The van der Waals surface area contributed by atoms with Gasteiger partial charge in [0.25, 0.3) is 0 Å². The molecule has 3 heteroatoms. The summed E-state index contributed by atoms with van der Waals surface area (Å²) in [6, 6.07) is 13.0. The van der Waals surface area contributed by atoms with Crippen LogP contribution in [-0.4, -0.2) is 23.1 Å². The topological polar surface area (TPSA) is 46.5 Å². The van der Waals surface area contributed by atoms with E-state index in [1.54, 1.807) is 0 Å². The maximum absolute atomic E-state index is 13.5. The van der Waals surface area contributed by atoms with Gasteiger partial charge in [0.05, 0.1) is 29.6 Å². The molecule has 0 unspecified atom stereocenters. The number of aliphatic hydroxyl groups excluding tert-OH is 1. The molecule has 2 aromatic carbocycles. The van der Waals surface area contributed by atoms with Crippen molar-refractivity contribution in [1.82, 2.24) is 0 Å². The molecule has 2 saturated heterocycles. The minimum atomic E-state index is -0.245. The van der Waals surface area contributed by atoms with Gasteiger partial charge in [-0.05, 0) is 60.4 Å². The van der Waals surface area contributed by atoms with Crippen molar-refractivity contribution in [1.29, 1.82) is 0 Å². The van der Waals surface area contributed by atoms with Gasteiger partial charge in [-0.2, -0.15) is 0 Å². The van der Waals surface area contributed by atoms with E-state index in [-0.39, 0.29) is 46.9 Å². The molecule has 2 fully saturated rings. The maximum atomic E-state index is 13.5. The second-order valence-electron chi connectivity index (χ2n) is 10.8. The Labute approximate surface area is 185 Å². The van der Waals surface area contributed by atoms with Crippen LogP contribution in [0, 0.1) is 32.6 Å². The zero-order valence-electron chi connectivity index (χ0n) is 19.3. The van der Waals surface area contributed by atoms with E-state index in [1.165, 1.54) is 16.7 Å². The van der Waals surface area contributed by atoms with Crippen molar-refractivity contribution >= 4 is 11.4 Å². The van der Waals surface area contributed by atoms with E-state index in [1.807, 2.05) is 13.8 Å². The number of fused-ring (bicyclic) bond motifs is 5. The second-order valence-corrected chi connectivity index (χ2v) is 10.8. The molecule has 3 nitrogen and oxygen atoms in total. The smallest absolute Gasteiger partial charge is 0.173 e. The molecule has 3 aliphatic rings. The van der Waals surface area contributed by atoms with Crippen molar-refractivity contribution in [3.63, 3.8) is 0 Å². The van der Waals surface area contributed by atoms with E-state index >= 15 is 0 Å². The average molecular weight is 417 g/mol. The van der Waals surface area contributed by atoms with Gasteiger partial charge in [-0.1, -0.05) is 62.7 Å². The summed E-state index contributed by atoms with van der Waals surface area (Å²) in [5.41, 5.74) is 7.39. The van der Waals surface area contributed by atoms with Gasteiger partial charge >= 0.3 is 0 Å². The molecule has 2 aromatic rings. The number of aliphatic hydroxyl groups is 1. The van der Waals surface area contributed by atoms with Crippen LogP contribution >= 0.6 is 0 Å². The monoisotopic (exact) mass is 416 g/mol. The number of aryl methyl sites for hydroxylation is 3. The summed E-state index contributed by atoms with van der Waals surface area (Å²) in [4.78, 5) is 13.5. The predicted molar refractivity (Wildman–Crippen MR) is 123 cm³/mol. The minimum absolute atomic E-state index is 0.0617. The number of carbonyl (C=O) groups excluding carboxylic acids is 1.